The van der Waals surface area contributed by atoms with Crippen molar-refractivity contribution < 1.29 is 4.39 Å². The summed E-state index contributed by atoms with van der Waals surface area (Å²) in [4.78, 5) is 4.57. The van der Waals surface area contributed by atoms with Gasteiger partial charge < -0.3 is 10.6 Å². The predicted molar refractivity (Wildman–Crippen MR) is 114 cm³/mol. The molecule has 1 unspecified atom stereocenters. The molecule has 2 aromatic heterocycles. The van der Waals surface area contributed by atoms with Gasteiger partial charge in [0, 0.05) is 30.4 Å². The predicted octanol–water partition coefficient (Wildman–Crippen LogP) is 4.58. The van der Waals surface area contributed by atoms with Gasteiger partial charge in [0.1, 0.15) is 5.82 Å². The summed E-state index contributed by atoms with van der Waals surface area (Å²) in [6.45, 7) is 1.61. The molecule has 1 saturated heterocycles. The second-order valence-corrected chi connectivity index (χ2v) is 8.21. The highest BCUT2D eigenvalue weighted by molar-refractivity contribution is 5.88. The number of benzene rings is 1. The molecule has 6 heteroatoms. The second kappa shape index (κ2) is 7.26. The molecule has 1 saturated carbocycles. The van der Waals surface area contributed by atoms with Gasteiger partial charge in [0.15, 0.2) is 5.67 Å². The van der Waals surface area contributed by atoms with E-state index < -0.39 is 5.67 Å². The maximum Gasteiger partial charge on any atom is 0.151 e. The van der Waals surface area contributed by atoms with Gasteiger partial charge in [0.25, 0.3) is 0 Å². The molecule has 0 bridgehead atoms. The highest BCUT2D eigenvalue weighted by atomic mass is 19.1. The van der Waals surface area contributed by atoms with E-state index in [9.17, 15) is 0 Å². The lowest BCUT2D eigenvalue weighted by molar-refractivity contribution is 0.192. The fraction of sp³-hybridized carbons (Fsp3) is 0.391. The molecule has 0 amide bonds. The minimum Gasteiger partial charge on any atom is -0.341 e. The molecule has 2 aliphatic rings. The average molecular weight is 391 g/mol. The SMILES string of the molecule is Cn1cc(-c2ccc3cnc(NC(=C4CC4)C4(F)CCCNCC4)cc3c2)cn1. The minimum absolute atomic E-state index is 0.511. The van der Waals surface area contributed by atoms with Crippen LogP contribution in [0.15, 0.2) is 54.1 Å². The maximum atomic E-state index is 15.9. The number of pyridine rings is 1. The first-order valence-corrected chi connectivity index (χ1v) is 10.4. The van der Waals surface area contributed by atoms with E-state index in [0.29, 0.717) is 25.2 Å². The van der Waals surface area contributed by atoms with Crippen molar-refractivity contribution in [1.29, 1.82) is 0 Å². The van der Waals surface area contributed by atoms with Gasteiger partial charge in [0.2, 0.25) is 0 Å². The van der Waals surface area contributed by atoms with Gasteiger partial charge in [-0.25, -0.2) is 9.37 Å². The molecule has 0 radical (unpaired) electrons. The average Bonchev–Trinajstić information content (AvgIpc) is 3.51. The highest BCUT2D eigenvalue weighted by Gasteiger charge is 2.39. The van der Waals surface area contributed by atoms with Crippen molar-refractivity contribution in [2.75, 3.05) is 18.4 Å². The van der Waals surface area contributed by atoms with Crippen LogP contribution in [-0.2, 0) is 7.05 Å². The lowest BCUT2D eigenvalue weighted by Crippen LogP contribution is -2.31. The Morgan fingerprint density at radius 3 is 2.79 bits per heavy atom. The van der Waals surface area contributed by atoms with Gasteiger partial charge in [0.05, 0.1) is 11.9 Å². The molecule has 5 nitrogen and oxygen atoms in total. The van der Waals surface area contributed by atoms with Gasteiger partial charge in [-0.05, 0) is 73.8 Å². The van der Waals surface area contributed by atoms with Crippen LogP contribution in [-0.4, -0.2) is 33.5 Å². The smallest absolute Gasteiger partial charge is 0.151 e. The van der Waals surface area contributed by atoms with E-state index in [0.717, 1.165) is 53.4 Å². The largest absolute Gasteiger partial charge is 0.341 e. The van der Waals surface area contributed by atoms with E-state index in [4.69, 9.17) is 0 Å². The number of nitrogens with zero attached hydrogens (tertiary/aromatic N) is 3. The van der Waals surface area contributed by atoms with Crippen LogP contribution >= 0.6 is 0 Å². The van der Waals surface area contributed by atoms with Gasteiger partial charge in [-0.1, -0.05) is 12.1 Å². The van der Waals surface area contributed by atoms with Crippen LogP contribution in [0.4, 0.5) is 10.2 Å². The van der Waals surface area contributed by atoms with E-state index in [1.165, 1.54) is 5.57 Å². The zero-order chi connectivity index (χ0) is 19.8. The molecule has 150 valence electrons. The maximum absolute atomic E-state index is 15.9. The van der Waals surface area contributed by atoms with Gasteiger partial charge in [-0.3, -0.25) is 4.68 Å². The zero-order valence-electron chi connectivity index (χ0n) is 16.7. The standard InChI is InChI=1S/C23H26FN5/c1-29-15-20(14-27-29)17-5-6-18-13-26-21(12-19(18)11-17)28-22(16-3-4-16)23(24)7-2-9-25-10-8-23/h5-6,11-15,25H,2-4,7-10H2,1H3,(H,26,28). The molecule has 29 heavy (non-hydrogen) atoms. The summed E-state index contributed by atoms with van der Waals surface area (Å²) in [5, 5.41) is 13.1. The van der Waals surface area contributed by atoms with Crippen molar-refractivity contribution in [1.82, 2.24) is 20.1 Å². The van der Waals surface area contributed by atoms with Gasteiger partial charge >= 0.3 is 0 Å². The Labute approximate surface area is 170 Å². The number of halogens is 1. The van der Waals surface area contributed by atoms with Gasteiger partial charge in [-0.15, -0.1) is 0 Å². The number of nitrogens with one attached hydrogen (secondary N) is 2. The number of hydrogen-bond donors (Lipinski definition) is 2. The van der Waals surface area contributed by atoms with Crippen LogP contribution < -0.4 is 10.6 Å². The number of anilines is 1. The number of aromatic nitrogens is 3. The molecule has 3 heterocycles. The van der Waals surface area contributed by atoms with Crippen molar-refractivity contribution in [3.63, 3.8) is 0 Å². The summed E-state index contributed by atoms with van der Waals surface area (Å²) in [6, 6.07) is 8.32. The molecule has 1 aromatic carbocycles. The molecule has 5 rings (SSSR count). The third kappa shape index (κ3) is 3.77. The van der Waals surface area contributed by atoms with E-state index >= 15 is 4.39 Å². The molecule has 1 aliphatic carbocycles. The van der Waals surface area contributed by atoms with Crippen LogP contribution in [0.1, 0.15) is 32.1 Å². The Balaban J connectivity index is 1.47. The second-order valence-electron chi connectivity index (χ2n) is 8.21. The topological polar surface area (TPSA) is 54.8 Å². The molecule has 0 spiro atoms. The number of aryl methyl sites for hydroxylation is 1. The fourth-order valence-corrected chi connectivity index (χ4v) is 4.20. The third-order valence-electron chi connectivity index (χ3n) is 5.94. The first kappa shape index (κ1) is 18.3. The number of alkyl halides is 1. The highest BCUT2D eigenvalue weighted by Crippen LogP contribution is 2.42. The summed E-state index contributed by atoms with van der Waals surface area (Å²) >= 11 is 0. The summed E-state index contributed by atoms with van der Waals surface area (Å²) in [5.74, 6) is 0.712. The quantitative estimate of drug-likeness (QED) is 0.684. The van der Waals surface area contributed by atoms with E-state index in [1.807, 2.05) is 31.7 Å². The molecule has 3 aromatic rings. The molecular weight excluding hydrogens is 365 g/mol. The first-order valence-electron chi connectivity index (χ1n) is 10.4. The van der Waals surface area contributed by atoms with E-state index in [2.05, 4.69) is 38.9 Å². The summed E-state index contributed by atoms with van der Waals surface area (Å²) in [6.07, 6.45) is 9.63. The molecular formula is C23H26FN5. The van der Waals surface area contributed by atoms with Crippen LogP contribution in [0.25, 0.3) is 21.9 Å². The van der Waals surface area contributed by atoms with Crippen LogP contribution in [0.5, 0.6) is 0 Å². The Morgan fingerprint density at radius 2 is 2.00 bits per heavy atom. The third-order valence-corrected chi connectivity index (χ3v) is 5.94. The van der Waals surface area contributed by atoms with Gasteiger partial charge in [-0.2, -0.15) is 5.10 Å². The molecule has 1 atom stereocenters. The van der Waals surface area contributed by atoms with Crippen LogP contribution in [0.3, 0.4) is 0 Å². The lowest BCUT2D eigenvalue weighted by Gasteiger charge is -2.27. The Morgan fingerprint density at radius 1 is 1.10 bits per heavy atom. The summed E-state index contributed by atoms with van der Waals surface area (Å²) in [5.41, 5.74) is 2.87. The number of hydrogen-bond acceptors (Lipinski definition) is 4. The Hall–Kier alpha value is -2.73. The van der Waals surface area contributed by atoms with Crippen molar-refractivity contribution in [2.45, 2.75) is 37.8 Å². The van der Waals surface area contributed by atoms with Crippen molar-refractivity contribution in [2.24, 2.45) is 7.05 Å². The summed E-state index contributed by atoms with van der Waals surface area (Å²) in [7, 11) is 1.92. The minimum atomic E-state index is -1.29. The van der Waals surface area contributed by atoms with E-state index in [-0.39, 0.29) is 0 Å². The molecule has 1 aliphatic heterocycles. The molecule has 2 fully saturated rings. The number of rotatable bonds is 4. The lowest BCUT2D eigenvalue weighted by atomic mass is 9.92. The summed E-state index contributed by atoms with van der Waals surface area (Å²) < 4.78 is 17.7. The fourth-order valence-electron chi connectivity index (χ4n) is 4.20. The number of fused-ring (bicyclic) bond motifs is 1. The molecule has 2 N–H and O–H groups in total. The zero-order valence-corrected chi connectivity index (χ0v) is 16.7. The van der Waals surface area contributed by atoms with Crippen molar-refractivity contribution in [3.8, 4) is 11.1 Å². The van der Waals surface area contributed by atoms with Crippen molar-refractivity contribution in [3.05, 3.63) is 54.1 Å². The normalized spacial score (nSPS) is 21.8. The monoisotopic (exact) mass is 391 g/mol. The first-order chi connectivity index (χ1) is 14.1. The number of allylic oxidation sites excluding steroid dienone is 2. The van der Waals surface area contributed by atoms with E-state index in [1.54, 1.807) is 4.68 Å². The Bertz CT molecular complexity index is 1070. The Kier molecular flexibility index (Phi) is 4.59. The van der Waals surface area contributed by atoms with Crippen molar-refractivity contribution >= 4 is 16.6 Å². The van der Waals surface area contributed by atoms with Crippen LogP contribution in [0.2, 0.25) is 0 Å². The van der Waals surface area contributed by atoms with Crippen LogP contribution in [0, 0.1) is 0 Å².